The van der Waals surface area contributed by atoms with Crippen molar-refractivity contribution in [2.24, 2.45) is 5.73 Å². The lowest BCUT2D eigenvalue weighted by Crippen LogP contribution is -2.28. The second-order valence-electron chi connectivity index (χ2n) is 3.42. The summed E-state index contributed by atoms with van der Waals surface area (Å²) in [6.07, 6.45) is 0. The highest BCUT2D eigenvalue weighted by molar-refractivity contribution is 7.80. The summed E-state index contributed by atoms with van der Waals surface area (Å²) in [5, 5.41) is 4.37. The highest BCUT2D eigenvalue weighted by atomic mass is 32.1. The quantitative estimate of drug-likeness (QED) is 0.649. The summed E-state index contributed by atoms with van der Waals surface area (Å²) < 4.78 is 6.01. The lowest BCUT2D eigenvalue weighted by molar-refractivity contribution is 0.412. The van der Waals surface area contributed by atoms with Crippen molar-refractivity contribution < 1.29 is 4.74 Å². The van der Waals surface area contributed by atoms with Crippen molar-refractivity contribution >= 4 is 17.2 Å². The van der Waals surface area contributed by atoms with Crippen LogP contribution in [0.1, 0.15) is 5.56 Å². The van der Waals surface area contributed by atoms with Crippen LogP contribution in [0.2, 0.25) is 0 Å². The fourth-order valence-electron chi connectivity index (χ4n) is 1.63. The molecule has 1 aromatic heterocycles. The van der Waals surface area contributed by atoms with Gasteiger partial charge in [-0.3, -0.25) is 0 Å². The number of aromatic nitrogens is 3. The SMILES string of the molecule is COc1cccc(C(N)=S)c1-n1c(=O)[nH][nH]c1=O. The zero-order chi connectivity index (χ0) is 13.3. The number of H-pyrrole nitrogens is 2. The fraction of sp³-hybridized carbons (Fsp3) is 0.100. The zero-order valence-electron chi connectivity index (χ0n) is 9.39. The molecule has 2 rings (SSSR count). The van der Waals surface area contributed by atoms with E-state index < -0.39 is 11.4 Å². The average molecular weight is 266 g/mol. The number of benzene rings is 1. The lowest BCUT2D eigenvalue weighted by atomic mass is 10.1. The number of hydrogen-bond donors (Lipinski definition) is 3. The van der Waals surface area contributed by atoms with E-state index in [9.17, 15) is 9.59 Å². The molecular weight excluding hydrogens is 256 g/mol. The zero-order valence-corrected chi connectivity index (χ0v) is 10.2. The number of methoxy groups -OCH3 is 1. The highest BCUT2D eigenvalue weighted by Crippen LogP contribution is 2.24. The third kappa shape index (κ3) is 1.82. The van der Waals surface area contributed by atoms with Gasteiger partial charge in [0.2, 0.25) is 0 Å². The van der Waals surface area contributed by atoms with Gasteiger partial charge in [-0.15, -0.1) is 0 Å². The van der Waals surface area contributed by atoms with Crippen LogP contribution in [0.15, 0.2) is 27.8 Å². The van der Waals surface area contributed by atoms with Gasteiger partial charge in [0.1, 0.15) is 16.4 Å². The van der Waals surface area contributed by atoms with Gasteiger partial charge in [-0.2, -0.15) is 0 Å². The van der Waals surface area contributed by atoms with Gasteiger partial charge in [-0.25, -0.2) is 24.4 Å². The van der Waals surface area contributed by atoms with Gasteiger partial charge >= 0.3 is 11.4 Å². The van der Waals surface area contributed by atoms with Crippen molar-refractivity contribution in [3.63, 3.8) is 0 Å². The molecule has 0 aliphatic carbocycles. The molecule has 0 aliphatic heterocycles. The topological polar surface area (TPSA) is 106 Å². The van der Waals surface area contributed by atoms with Crippen LogP contribution < -0.4 is 21.9 Å². The number of para-hydroxylation sites is 1. The highest BCUT2D eigenvalue weighted by Gasteiger charge is 2.17. The van der Waals surface area contributed by atoms with Crippen molar-refractivity contribution in [1.29, 1.82) is 0 Å². The van der Waals surface area contributed by atoms with E-state index in [1.807, 2.05) is 0 Å². The molecule has 7 nitrogen and oxygen atoms in total. The van der Waals surface area contributed by atoms with Crippen LogP contribution in [0.5, 0.6) is 5.75 Å². The van der Waals surface area contributed by atoms with Gasteiger partial charge in [-0.1, -0.05) is 18.3 Å². The fourth-order valence-corrected chi connectivity index (χ4v) is 1.80. The molecule has 0 spiro atoms. The summed E-state index contributed by atoms with van der Waals surface area (Å²) in [7, 11) is 1.42. The Balaban J connectivity index is 2.89. The second-order valence-corrected chi connectivity index (χ2v) is 3.86. The number of aromatic amines is 2. The minimum atomic E-state index is -0.623. The van der Waals surface area contributed by atoms with Crippen molar-refractivity contribution in [2.45, 2.75) is 0 Å². The molecular formula is C10H10N4O3S. The first-order valence-electron chi connectivity index (χ1n) is 4.93. The number of thiocarbonyl (C=S) groups is 1. The van der Waals surface area contributed by atoms with Gasteiger partial charge < -0.3 is 10.5 Å². The standard InChI is InChI=1S/C10H10N4O3S/c1-17-6-4-2-3-5(8(11)18)7(6)14-9(15)12-13-10(14)16/h2-4H,1H3,(H2,11,18)(H,12,15)(H,13,16). The Morgan fingerprint density at radius 3 is 2.44 bits per heavy atom. The van der Waals surface area contributed by atoms with Crippen molar-refractivity contribution in [3.8, 4) is 11.4 Å². The minimum Gasteiger partial charge on any atom is -0.495 e. The van der Waals surface area contributed by atoms with E-state index in [4.69, 9.17) is 22.7 Å². The van der Waals surface area contributed by atoms with Crippen LogP contribution in [-0.2, 0) is 0 Å². The third-order valence-electron chi connectivity index (χ3n) is 2.39. The Morgan fingerprint density at radius 1 is 1.33 bits per heavy atom. The monoisotopic (exact) mass is 266 g/mol. The molecule has 4 N–H and O–H groups in total. The molecule has 0 atom stereocenters. The molecule has 0 saturated carbocycles. The molecule has 18 heavy (non-hydrogen) atoms. The van der Waals surface area contributed by atoms with Gasteiger partial charge in [0.25, 0.3) is 0 Å². The summed E-state index contributed by atoms with van der Waals surface area (Å²) in [5.41, 5.74) is 4.94. The van der Waals surface area contributed by atoms with E-state index in [1.165, 1.54) is 7.11 Å². The van der Waals surface area contributed by atoms with Crippen molar-refractivity contribution in [2.75, 3.05) is 7.11 Å². The van der Waals surface area contributed by atoms with Crippen LogP contribution >= 0.6 is 12.2 Å². The van der Waals surface area contributed by atoms with Crippen LogP contribution in [0.25, 0.3) is 5.69 Å². The van der Waals surface area contributed by atoms with E-state index in [0.29, 0.717) is 11.3 Å². The average Bonchev–Trinajstić information content (AvgIpc) is 2.68. The third-order valence-corrected chi connectivity index (χ3v) is 2.61. The molecule has 0 bridgehead atoms. The summed E-state index contributed by atoms with van der Waals surface area (Å²) in [5.74, 6) is 0.326. The number of nitrogens with one attached hydrogen (secondary N) is 2. The molecule has 0 aliphatic rings. The molecule has 94 valence electrons. The number of hydrogen-bond acceptors (Lipinski definition) is 4. The molecule has 1 heterocycles. The Hall–Kier alpha value is -2.35. The molecule has 1 aromatic carbocycles. The van der Waals surface area contributed by atoms with Crippen LogP contribution in [-0.4, -0.2) is 26.9 Å². The van der Waals surface area contributed by atoms with E-state index in [0.717, 1.165) is 4.57 Å². The maximum absolute atomic E-state index is 11.6. The summed E-state index contributed by atoms with van der Waals surface area (Å²) >= 11 is 4.90. The molecule has 0 fully saturated rings. The number of rotatable bonds is 3. The molecule has 0 radical (unpaired) electrons. The number of ether oxygens (including phenoxy) is 1. The largest absolute Gasteiger partial charge is 0.495 e. The Morgan fingerprint density at radius 2 is 1.94 bits per heavy atom. The maximum Gasteiger partial charge on any atom is 0.349 e. The molecule has 2 aromatic rings. The minimum absolute atomic E-state index is 0.0661. The Kier molecular flexibility index (Phi) is 3.02. The summed E-state index contributed by atoms with van der Waals surface area (Å²) in [6, 6.07) is 4.89. The van der Waals surface area contributed by atoms with Gasteiger partial charge in [0, 0.05) is 5.56 Å². The number of nitrogens with zero attached hydrogens (tertiary/aromatic N) is 1. The lowest BCUT2D eigenvalue weighted by Gasteiger charge is -2.11. The maximum atomic E-state index is 11.6. The van der Waals surface area contributed by atoms with E-state index >= 15 is 0 Å². The molecule has 0 saturated heterocycles. The van der Waals surface area contributed by atoms with Crippen LogP contribution in [0.3, 0.4) is 0 Å². The molecule has 0 amide bonds. The van der Waals surface area contributed by atoms with E-state index in [-0.39, 0.29) is 10.7 Å². The predicted molar refractivity (Wildman–Crippen MR) is 69.4 cm³/mol. The van der Waals surface area contributed by atoms with Gasteiger partial charge in [-0.05, 0) is 12.1 Å². The normalized spacial score (nSPS) is 10.3. The van der Waals surface area contributed by atoms with Crippen molar-refractivity contribution in [1.82, 2.24) is 14.8 Å². The smallest absolute Gasteiger partial charge is 0.349 e. The number of nitrogens with two attached hydrogens (primary N) is 1. The van der Waals surface area contributed by atoms with Crippen LogP contribution in [0.4, 0.5) is 0 Å². The first kappa shape index (κ1) is 12.1. The molecule has 8 heteroatoms. The Bertz CT molecular complexity index is 685. The van der Waals surface area contributed by atoms with Crippen LogP contribution in [0, 0.1) is 0 Å². The predicted octanol–water partition coefficient (Wildman–Crippen LogP) is -0.503. The van der Waals surface area contributed by atoms with E-state index in [1.54, 1.807) is 18.2 Å². The summed E-state index contributed by atoms with van der Waals surface area (Å²) in [4.78, 5) is 23.3. The summed E-state index contributed by atoms with van der Waals surface area (Å²) in [6.45, 7) is 0. The Labute approximate surface area is 106 Å². The molecule has 0 unspecified atom stereocenters. The second kappa shape index (κ2) is 4.49. The first-order valence-corrected chi connectivity index (χ1v) is 5.34. The van der Waals surface area contributed by atoms with Crippen molar-refractivity contribution in [3.05, 3.63) is 44.7 Å². The van der Waals surface area contributed by atoms with Gasteiger partial charge in [0.05, 0.1) is 7.11 Å². The van der Waals surface area contributed by atoms with Gasteiger partial charge in [0.15, 0.2) is 0 Å². The van der Waals surface area contributed by atoms with E-state index in [2.05, 4.69) is 10.2 Å². The first-order chi connectivity index (χ1) is 8.56.